The van der Waals surface area contributed by atoms with E-state index in [0.29, 0.717) is 32.1 Å². The Morgan fingerprint density at radius 2 is 1.58 bits per heavy atom. The van der Waals surface area contributed by atoms with E-state index in [4.69, 9.17) is 0 Å². The first-order valence-corrected chi connectivity index (χ1v) is 9.84. The molecule has 0 bridgehead atoms. The molecule has 138 valence electrons. The molecule has 0 aliphatic heterocycles. The van der Waals surface area contributed by atoms with Crippen LogP contribution < -0.4 is 0 Å². The summed E-state index contributed by atoms with van der Waals surface area (Å²) in [6, 6.07) is 0. The van der Waals surface area contributed by atoms with Crippen molar-refractivity contribution < 1.29 is 19.7 Å². The number of hydrogen-bond acceptors (Lipinski definition) is 3. The summed E-state index contributed by atoms with van der Waals surface area (Å²) < 4.78 is 16.7. The van der Waals surface area contributed by atoms with Gasteiger partial charge in [0.15, 0.2) is 0 Å². The minimum Gasteiger partial charge on any atom is -0.393 e. The second-order valence-electron chi connectivity index (χ2n) is 10.1. The van der Waals surface area contributed by atoms with Crippen molar-refractivity contribution in [2.75, 3.05) is 0 Å². The molecule has 4 rings (SSSR count). The number of hydrogen-bond donors (Lipinski definition) is 3. The first-order valence-electron chi connectivity index (χ1n) is 9.84. The average molecular weight is 340 g/mol. The van der Waals surface area contributed by atoms with Gasteiger partial charge in [-0.15, -0.1) is 0 Å². The van der Waals surface area contributed by atoms with Crippen LogP contribution in [-0.2, 0) is 0 Å². The predicted octanol–water partition coefficient (Wildman–Crippen LogP) is 3.20. The predicted molar refractivity (Wildman–Crippen MR) is 90.1 cm³/mol. The molecule has 0 spiro atoms. The van der Waals surface area contributed by atoms with Crippen molar-refractivity contribution in [2.45, 2.75) is 95.6 Å². The highest BCUT2D eigenvalue weighted by Crippen LogP contribution is 2.70. The quantitative estimate of drug-likeness (QED) is 0.635. The highest BCUT2D eigenvalue weighted by molar-refractivity contribution is 5.22. The number of aliphatic hydroxyl groups excluding tert-OH is 2. The molecule has 9 unspecified atom stereocenters. The molecule has 0 aromatic carbocycles. The van der Waals surface area contributed by atoms with Gasteiger partial charge in [0.25, 0.3) is 0 Å². The molecular weight excluding hydrogens is 307 g/mol. The Labute approximate surface area is 144 Å². The third kappa shape index (κ3) is 1.83. The minimum absolute atomic E-state index is 0.144. The maximum Gasteiger partial charge on any atom is 0.145 e. The summed E-state index contributed by atoms with van der Waals surface area (Å²) >= 11 is 0. The second kappa shape index (κ2) is 4.95. The third-order valence-corrected chi connectivity index (χ3v) is 9.27. The summed E-state index contributed by atoms with van der Waals surface area (Å²) in [4.78, 5) is 0. The van der Waals surface area contributed by atoms with Gasteiger partial charge in [0.05, 0.1) is 17.8 Å². The number of fused-ring (bicyclic) bond motifs is 5. The molecule has 0 aromatic heterocycles. The van der Waals surface area contributed by atoms with Crippen molar-refractivity contribution >= 4 is 0 Å². The van der Waals surface area contributed by atoms with Crippen LogP contribution in [0.25, 0.3) is 0 Å². The van der Waals surface area contributed by atoms with E-state index >= 15 is 4.39 Å². The van der Waals surface area contributed by atoms with Crippen LogP contribution in [0.5, 0.6) is 0 Å². The lowest BCUT2D eigenvalue weighted by Gasteiger charge is -2.65. The SMILES string of the molecule is CC1(O)CCC2C3CCC4CC(O)CCC4(C)C3(F)C(O)CC21C. The Morgan fingerprint density at radius 1 is 0.875 bits per heavy atom. The first-order chi connectivity index (χ1) is 11.1. The Morgan fingerprint density at radius 3 is 2.29 bits per heavy atom. The fourth-order valence-corrected chi connectivity index (χ4v) is 7.46. The molecular formula is C20H33FO3. The van der Waals surface area contributed by atoms with Gasteiger partial charge in [-0.05, 0) is 76.0 Å². The lowest BCUT2D eigenvalue weighted by Crippen LogP contribution is -2.70. The van der Waals surface area contributed by atoms with Crippen LogP contribution in [0.15, 0.2) is 0 Å². The van der Waals surface area contributed by atoms with Crippen LogP contribution in [0.1, 0.15) is 72.1 Å². The molecule has 0 saturated heterocycles. The largest absolute Gasteiger partial charge is 0.393 e. The van der Waals surface area contributed by atoms with Crippen LogP contribution in [0.2, 0.25) is 0 Å². The minimum atomic E-state index is -1.58. The second-order valence-corrected chi connectivity index (χ2v) is 10.1. The maximum absolute atomic E-state index is 16.7. The van der Waals surface area contributed by atoms with Gasteiger partial charge in [-0.25, -0.2) is 4.39 Å². The van der Waals surface area contributed by atoms with Crippen LogP contribution in [0.3, 0.4) is 0 Å². The summed E-state index contributed by atoms with van der Waals surface area (Å²) in [5.74, 6) is 0.130. The van der Waals surface area contributed by atoms with Crippen molar-refractivity contribution in [2.24, 2.45) is 28.6 Å². The summed E-state index contributed by atoms with van der Waals surface area (Å²) in [5, 5.41) is 32.0. The Hall–Kier alpha value is -0.190. The van der Waals surface area contributed by atoms with Crippen molar-refractivity contribution in [3.8, 4) is 0 Å². The van der Waals surface area contributed by atoms with E-state index in [1.54, 1.807) is 0 Å². The van der Waals surface area contributed by atoms with Crippen LogP contribution >= 0.6 is 0 Å². The number of halogens is 1. The number of alkyl halides is 1. The van der Waals surface area contributed by atoms with Crippen molar-refractivity contribution in [1.82, 2.24) is 0 Å². The molecule has 0 radical (unpaired) electrons. The maximum atomic E-state index is 16.7. The van der Waals surface area contributed by atoms with Gasteiger partial charge in [-0.3, -0.25) is 0 Å². The van der Waals surface area contributed by atoms with E-state index in [1.807, 2.05) is 13.8 Å². The molecule has 4 aliphatic rings. The van der Waals surface area contributed by atoms with Gasteiger partial charge in [-0.1, -0.05) is 13.8 Å². The highest BCUT2D eigenvalue weighted by Gasteiger charge is 2.73. The van der Waals surface area contributed by atoms with E-state index in [9.17, 15) is 15.3 Å². The van der Waals surface area contributed by atoms with Gasteiger partial charge in [-0.2, -0.15) is 0 Å². The lowest BCUT2D eigenvalue weighted by atomic mass is 9.42. The molecule has 3 N–H and O–H groups in total. The number of rotatable bonds is 0. The third-order valence-electron chi connectivity index (χ3n) is 9.27. The van der Waals surface area contributed by atoms with Crippen LogP contribution in [0, 0.1) is 28.6 Å². The molecule has 4 saturated carbocycles. The van der Waals surface area contributed by atoms with Crippen LogP contribution in [0.4, 0.5) is 4.39 Å². The van der Waals surface area contributed by atoms with Gasteiger partial charge in [0, 0.05) is 10.8 Å². The molecule has 4 aliphatic carbocycles. The first kappa shape index (κ1) is 17.2. The molecule has 3 nitrogen and oxygen atoms in total. The molecule has 24 heavy (non-hydrogen) atoms. The Balaban J connectivity index is 1.76. The molecule has 9 atom stereocenters. The summed E-state index contributed by atoms with van der Waals surface area (Å²) in [6.07, 6.45) is 4.24. The lowest BCUT2D eigenvalue weighted by molar-refractivity contribution is -0.260. The Kier molecular flexibility index (Phi) is 3.56. The normalized spacial score (nSPS) is 63.4. The zero-order valence-corrected chi connectivity index (χ0v) is 15.3. The summed E-state index contributed by atoms with van der Waals surface area (Å²) in [5.41, 5.74) is -3.35. The van der Waals surface area contributed by atoms with Gasteiger partial charge in [0.1, 0.15) is 5.67 Å². The van der Waals surface area contributed by atoms with Crippen molar-refractivity contribution in [3.05, 3.63) is 0 Å². The van der Waals surface area contributed by atoms with Gasteiger partial charge >= 0.3 is 0 Å². The topological polar surface area (TPSA) is 60.7 Å². The summed E-state index contributed by atoms with van der Waals surface area (Å²) in [6.45, 7) is 5.95. The van der Waals surface area contributed by atoms with E-state index in [-0.39, 0.29) is 23.9 Å². The number of aliphatic hydroxyl groups is 3. The fraction of sp³-hybridized carbons (Fsp3) is 1.00. The summed E-state index contributed by atoms with van der Waals surface area (Å²) in [7, 11) is 0. The van der Waals surface area contributed by atoms with Crippen molar-refractivity contribution in [3.63, 3.8) is 0 Å². The van der Waals surface area contributed by atoms with Gasteiger partial charge in [0.2, 0.25) is 0 Å². The zero-order valence-electron chi connectivity index (χ0n) is 15.3. The Bertz CT molecular complexity index is 537. The molecule has 0 amide bonds. The van der Waals surface area contributed by atoms with E-state index in [0.717, 1.165) is 19.3 Å². The van der Waals surface area contributed by atoms with Gasteiger partial charge < -0.3 is 15.3 Å². The molecule has 0 heterocycles. The highest BCUT2D eigenvalue weighted by atomic mass is 19.1. The van der Waals surface area contributed by atoms with Crippen LogP contribution in [-0.4, -0.2) is 38.8 Å². The monoisotopic (exact) mass is 340 g/mol. The fourth-order valence-electron chi connectivity index (χ4n) is 7.46. The standard InChI is InChI=1S/C20H33FO3/c1-17-8-6-13(22)10-12(17)4-5-15-14-7-9-19(3,24)18(14,2)11-16(23)20(15,17)21/h12-16,22-24H,4-11H2,1-3H3. The zero-order chi connectivity index (χ0) is 17.5. The van der Waals surface area contributed by atoms with E-state index in [1.165, 1.54) is 0 Å². The molecule has 4 heteroatoms. The molecule has 0 aromatic rings. The van der Waals surface area contributed by atoms with Crippen molar-refractivity contribution in [1.29, 1.82) is 0 Å². The van der Waals surface area contributed by atoms with E-state index in [2.05, 4.69) is 6.92 Å². The molecule has 4 fully saturated rings. The average Bonchev–Trinajstić information content (AvgIpc) is 2.72. The van der Waals surface area contributed by atoms with E-state index < -0.39 is 28.2 Å². The smallest absolute Gasteiger partial charge is 0.145 e.